The topological polar surface area (TPSA) is 61.7 Å². The highest BCUT2D eigenvalue weighted by Gasteiger charge is 2.10. The fraction of sp³-hybridized carbons (Fsp3) is 0. The van der Waals surface area contributed by atoms with Gasteiger partial charge in [0.2, 0.25) is 0 Å². The standard InChI is InChI=1S/C22H18N2O2S/c25-21-7-3-6-19(14-21)17-8-10-18(11-9-17)22(26)24-27-13-12-16-4-1-2-5-20(16)15-23-27/h1-15,25,27H,(H,24,26). The summed E-state index contributed by atoms with van der Waals surface area (Å²) < 4.78 is 7.48. The lowest BCUT2D eigenvalue weighted by Gasteiger charge is -2.13. The molecule has 0 spiro atoms. The predicted octanol–water partition coefficient (Wildman–Crippen LogP) is 4.72. The van der Waals surface area contributed by atoms with Crippen molar-refractivity contribution in [2.24, 2.45) is 4.40 Å². The van der Waals surface area contributed by atoms with Gasteiger partial charge in [-0.15, -0.1) is 0 Å². The van der Waals surface area contributed by atoms with Crippen molar-refractivity contribution in [3.63, 3.8) is 0 Å². The third-order valence-corrected chi connectivity index (χ3v) is 5.48. The third kappa shape index (κ3) is 3.93. The molecular weight excluding hydrogens is 356 g/mol. The molecule has 3 aromatic carbocycles. The van der Waals surface area contributed by atoms with E-state index >= 15 is 0 Å². The second kappa shape index (κ2) is 7.51. The van der Waals surface area contributed by atoms with E-state index in [1.165, 1.54) is 0 Å². The van der Waals surface area contributed by atoms with E-state index in [1.807, 2.05) is 60.2 Å². The molecule has 0 bridgehead atoms. The van der Waals surface area contributed by atoms with Gasteiger partial charge in [0, 0.05) is 17.3 Å². The van der Waals surface area contributed by atoms with Crippen LogP contribution in [0.15, 0.2) is 82.6 Å². The highest BCUT2D eigenvalue weighted by Crippen LogP contribution is 2.29. The molecule has 0 aliphatic carbocycles. The number of benzene rings is 3. The van der Waals surface area contributed by atoms with Crippen molar-refractivity contribution in [1.82, 2.24) is 4.72 Å². The number of hydrogen-bond donors (Lipinski definition) is 3. The minimum Gasteiger partial charge on any atom is -0.508 e. The average Bonchev–Trinajstić information content (AvgIpc) is 2.91. The van der Waals surface area contributed by atoms with Gasteiger partial charge in [-0.25, -0.2) is 4.40 Å². The van der Waals surface area contributed by atoms with Crippen LogP contribution >= 0.6 is 11.3 Å². The second-order valence-electron chi connectivity index (χ2n) is 6.10. The quantitative estimate of drug-likeness (QED) is 0.581. The Labute approximate surface area is 160 Å². The first kappa shape index (κ1) is 17.1. The molecule has 134 valence electrons. The number of nitrogens with one attached hydrogen (secondary N) is 1. The maximum Gasteiger partial charge on any atom is 0.261 e. The first-order valence-corrected chi connectivity index (χ1v) is 9.86. The monoisotopic (exact) mass is 374 g/mol. The second-order valence-corrected chi connectivity index (χ2v) is 7.54. The predicted molar refractivity (Wildman–Crippen MR) is 113 cm³/mol. The summed E-state index contributed by atoms with van der Waals surface area (Å²) in [6.45, 7) is 0. The van der Waals surface area contributed by atoms with Crippen molar-refractivity contribution in [3.05, 3.63) is 94.9 Å². The zero-order valence-electron chi connectivity index (χ0n) is 14.4. The van der Waals surface area contributed by atoms with Crippen LogP contribution < -0.4 is 4.72 Å². The first-order valence-electron chi connectivity index (χ1n) is 8.50. The van der Waals surface area contributed by atoms with Crippen LogP contribution in [0.25, 0.3) is 17.2 Å². The fourth-order valence-corrected chi connectivity index (χ4v) is 3.93. The minimum atomic E-state index is -1.11. The SMILES string of the molecule is O=C(N[SH]1C=Cc2ccccc2C=N1)c1ccc(-c2cccc(O)c2)cc1. The number of rotatable bonds is 3. The molecule has 3 aromatic rings. The Bertz CT molecular complexity index is 1010. The van der Waals surface area contributed by atoms with E-state index in [-0.39, 0.29) is 11.7 Å². The van der Waals surface area contributed by atoms with E-state index in [0.29, 0.717) is 5.56 Å². The summed E-state index contributed by atoms with van der Waals surface area (Å²) >= 11 is -1.11. The van der Waals surface area contributed by atoms with Crippen LogP contribution in [0.3, 0.4) is 0 Å². The molecule has 1 unspecified atom stereocenters. The summed E-state index contributed by atoms with van der Waals surface area (Å²) in [5.74, 6) is 0.0625. The number of hydrogen-bond acceptors (Lipinski definition) is 3. The third-order valence-electron chi connectivity index (χ3n) is 4.26. The molecule has 0 radical (unpaired) electrons. The lowest BCUT2D eigenvalue weighted by Crippen LogP contribution is -2.18. The van der Waals surface area contributed by atoms with E-state index in [9.17, 15) is 9.90 Å². The fourth-order valence-electron chi connectivity index (χ4n) is 2.83. The van der Waals surface area contributed by atoms with Crippen molar-refractivity contribution in [1.29, 1.82) is 0 Å². The Morgan fingerprint density at radius 2 is 1.67 bits per heavy atom. The van der Waals surface area contributed by atoms with Crippen molar-refractivity contribution in [3.8, 4) is 16.9 Å². The van der Waals surface area contributed by atoms with Crippen LogP contribution in [0.2, 0.25) is 0 Å². The zero-order chi connectivity index (χ0) is 18.6. The van der Waals surface area contributed by atoms with E-state index in [1.54, 1.807) is 30.3 Å². The van der Waals surface area contributed by atoms with E-state index < -0.39 is 11.3 Å². The number of fused-ring (bicyclic) bond motifs is 1. The van der Waals surface area contributed by atoms with Crippen LogP contribution in [-0.2, 0) is 0 Å². The number of aromatic hydroxyl groups is 1. The van der Waals surface area contributed by atoms with Crippen LogP contribution in [0.4, 0.5) is 0 Å². The number of amides is 1. The molecule has 0 saturated carbocycles. The number of carbonyl (C=O) groups excluding carboxylic acids is 1. The number of phenolic OH excluding ortho intramolecular Hbond substituents is 1. The molecular formula is C22H18N2O2S. The highest BCUT2D eigenvalue weighted by atomic mass is 32.2. The molecule has 27 heavy (non-hydrogen) atoms. The van der Waals surface area contributed by atoms with E-state index in [0.717, 1.165) is 22.3 Å². The maximum atomic E-state index is 12.6. The van der Waals surface area contributed by atoms with Crippen LogP contribution in [0.5, 0.6) is 5.75 Å². The van der Waals surface area contributed by atoms with Crippen molar-refractivity contribution >= 4 is 29.5 Å². The van der Waals surface area contributed by atoms with Gasteiger partial charge < -0.3 is 5.11 Å². The number of thiol groups is 1. The molecule has 2 N–H and O–H groups in total. The lowest BCUT2D eigenvalue weighted by molar-refractivity contribution is 0.0984. The molecule has 0 aromatic heterocycles. The largest absolute Gasteiger partial charge is 0.508 e. The molecule has 4 nitrogen and oxygen atoms in total. The summed E-state index contributed by atoms with van der Waals surface area (Å²) in [5.41, 5.74) is 4.56. The molecule has 1 amide bonds. The zero-order valence-corrected chi connectivity index (χ0v) is 15.3. The van der Waals surface area contributed by atoms with Gasteiger partial charge in [-0.1, -0.05) is 59.8 Å². The molecule has 5 heteroatoms. The Hall–Kier alpha value is -3.31. The van der Waals surface area contributed by atoms with Gasteiger partial charge in [0.15, 0.2) is 0 Å². The maximum absolute atomic E-state index is 12.6. The lowest BCUT2D eigenvalue weighted by atomic mass is 10.0. The van der Waals surface area contributed by atoms with Gasteiger partial charge in [0.05, 0.1) is 0 Å². The van der Waals surface area contributed by atoms with E-state index in [2.05, 4.69) is 9.12 Å². The normalized spacial score (nSPS) is 16.4. The summed E-state index contributed by atoms with van der Waals surface area (Å²) in [6.07, 6.45) is 3.81. The highest BCUT2D eigenvalue weighted by molar-refractivity contribution is 8.17. The first-order chi connectivity index (χ1) is 13.2. The Kier molecular flexibility index (Phi) is 4.77. The Morgan fingerprint density at radius 1 is 0.889 bits per heavy atom. The van der Waals surface area contributed by atoms with Crippen molar-refractivity contribution < 1.29 is 9.90 Å². The number of phenols is 1. The molecule has 1 aliphatic rings. The Morgan fingerprint density at radius 3 is 2.44 bits per heavy atom. The summed E-state index contributed by atoms with van der Waals surface area (Å²) in [5, 5.41) is 11.5. The van der Waals surface area contributed by atoms with Crippen LogP contribution in [-0.4, -0.2) is 17.2 Å². The van der Waals surface area contributed by atoms with Gasteiger partial charge >= 0.3 is 0 Å². The van der Waals surface area contributed by atoms with Gasteiger partial charge in [0.1, 0.15) is 5.75 Å². The van der Waals surface area contributed by atoms with E-state index in [4.69, 9.17) is 0 Å². The van der Waals surface area contributed by atoms with Crippen molar-refractivity contribution in [2.45, 2.75) is 0 Å². The molecule has 0 fully saturated rings. The average molecular weight is 374 g/mol. The van der Waals surface area contributed by atoms with Crippen LogP contribution in [0, 0.1) is 0 Å². The summed E-state index contributed by atoms with van der Waals surface area (Å²) in [6, 6.07) is 22.3. The summed E-state index contributed by atoms with van der Waals surface area (Å²) in [7, 11) is 0. The van der Waals surface area contributed by atoms with Gasteiger partial charge in [-0.05, 0) is 52.4 Å². The van der Waals surface area contributed by atoms with Crippen molar-refractivity contribution in [2.75, 3.05) is 0 Å². The molecule has 1 atom stereocenters. The van der Waals surface area contributed by atoms with Gasteiger partial charge in [0.25, 0.3) is 5.91 Å². The molecule has 1 heterocycles. The van der Waals surface area contributed by atoms with Crippen LogP contribution in [0.1, 0.15) is 21.5 Å². The molecule has 0 saturated heterocycles. The smallest absolute Gasteiger partial charge is 0.261 e. The number of carbonyl (C=O) groups is 1. The summed E-state index contributed by atoms with van der Waals surface area (Å²) in [4.78, 5) is 12.6. The molecule has 4 rings (SSSR count). The Balaban J connectivity index is 1.48. The molecule has 1 aliphatic heterocycles. The minimum absolute atomic E-state index is 0.156. The van der Waals surface area contributed by atoms with Gasteiger partial charge in [-0.2, -0.15) is 0 Å². The number of nitrogens with zero attached hydrogens (tertiary/aromatic N) is 1. The van der Waals surface area contributed by atoms with Gasteiger partial charge in [-0.3, -0.25) is 9.52 Å².